The lowest BCUT2D eigenvalue weighted by Gasteiger charge is -2.34. The molecule has 1 amide bonds. The van der Waals surface area contributed by atoms with Gasteiger partial charge in [-0.25, -0.2) is 4.98 Å². The molecule has 29 heavy (non-hydrogen) atoms. The van der Waals surface area contributed by atoms with Crippen LogP contribution in [0.3, 0.4) is 0 Å². The van der Waals surface area contributed by atoms with E-state index in [1.807, 2.05) is 24.3 Å². The third-order valence-electron chi connectivity index (χ3n) is 5.32. The maximum atomic E-state index is 12.3. The van der Waals surface area contributed by atoms with Crippen LogP contribution in [0, 0.1) is 3.57 Å². The topological polar surface area (TPSA) is 48.5 Å². The number of carbonyl (C=O) groups excluding carboxylic acids is 1. The van der Waals surface area contributed by atoms with Crippen molar-refractivity contribution in [1.82, 2.24) is 15.2 Å². The molecular weight excluding hydrogens is 495 g/mol. The summed E-state index contributed by atoms with van der Waals surface area (Å²) in [6.45, 7) is 7.68. The zero-order valence-electron chi connectivity index (χ0n) is 16.5. The van der Waals surface area contributed by atoms with Crippen LogP contribution in [-0.2, 0) is 6.42 Å². The van der Waals surface area contributed by atoms with E-state index in [1.54, 1.807) is 11.3 Å². The fraction of sp³-hybridized carbons (Fsp3) is 0.364. The number of aryl methyl sites for hydroxylation is 1. The molecule has 1 fully saturated rings. The van der Waals surface area contributed by atoms with Gasteiger partial charge in [0.05, 0.1) is 15.8 Å². The smallest absolute Gasteiger partial charge is 0.252 e. The van der Waals surface area contributed by atoms with E-state index in [0.29, 0.717) is 6.54 Å². The Morgan fingerprint density at radius 2 is 1.97 bits per heavy atom. The zero-order valence-corrected chi connectivity index (χ0v) is 19.5. The molecule has 2 aromatic carbocycles. The first-order chi connectivity index (χ1) is 14.1. The Morgan fingerprint density at radius 1 is 1.17 bits per heavy atom. The molecule has 0 atom stereocenters. The number of nitrogens with one attached hydrogen (secondary N) is 1. The van der Waals surface area contributed by atoms with Crippen molar-refractivity contribution < 1.29 is 4.79 Å². The number of nitrogens with zero attached hydrogens (tertiary/aromatic N) is 3. The van der Waals surface area contributed by atoms with Gasteiger partial charge in [-0.15, -0.1) is 0 Å². The number of fused-ring (bicyclic) bond motifs is 1. The molecule has 1 aromatic heterocycles. The summed E-state index contributed by atoms with van der Waals surface area (Å²) in [5.74, 6) is 0.00885. The third kappa shape index (κ3) is 4.90. The van der Waals surface area contributed by atoms with Crippen LogP contribution < -0.4 is 10.2 Å². The molecule has 0 radical (unpaired) electrons. The van der Waals surface area contributed by atoms with Crippen LogP contribution in [-0.4, -0.2) is 55.1 Å². The summed E-state index contributed by atoms with van der Waals surface area (Å²) in [4.78, 5) is 22.0. The molecule has 5 nitrogen and oxygen atoms in total. The number of amides is 1. The van der Waals surface area contributed by atoms with Gasteiger partial charge in [0, 0.05) is 42.8 Å². The summed E-state index contributed by atoms with van der Waals surface area (Å²) < 4.78 is 2.26. The number of benzene rings is 2. The maximum Gasteiger partial charge on any atom is 0.252 e. The second-order valence-corrected chi connectivity index (χ2v) is 9.39. The molecule has 1 aliphatic heterocycles. The highest BCUT2D eigenvalue weighted by molar-refractivity contribution is 14.1. The summed E-state index contributed by atoms with van der Waals surface area (Å²) in [5, 5.41) is 4.17. The standard InChI is InChI=1S/C22H25IN4OS/c1-2-16-7-8-19-20(15-16)29-22(25-19)27-13-11-26(12-14-27)10-9-24-21(28)17-5-3-4-6-18(17)23/h3-8,15H,2,9-14H2,1H3,(H,24,28). The van der Waals surface area contributed by atoms with Crippen LogP contribution in [0.25, 0.3) is 10.2 Å². The Labute approximate surface area is 189 Å². The number of halogens is 1. The normalized spacial score (nSPS) is 15.0. The molecule has 1 aliphatic rings. The van der Waals surface area contributed by atoms with Gasteiger partial charge < -0.3 is 10.2 Å². The number of hydrogen-bond acceptors (Lipinski definition) is 5. The van der Waals surface area contributed by atoms with Gasteiger partial charge in [-0.2, -0.15) is 0 Å². The average Bonchev–Trinajstić information content (AvgIpc) is 3.17. The molecule has 0 aliphatic carbocycles. The van der Waals surface area contributed by atoms with Gasteiger partial charge in [0.2, 0.25) is 0 Å². The minimum absolute atomic E-state index is 0.00885. The lowest BCUT2D eigenvalue weighted by atomic mass is 10.2. The van der Waals surface area contributed by atoms with E-state index in [1.165, 1.54) is 10.3 Å². The number of rotatable bonds is 6. The summed E-state index contributed by atoms with van der Waals surface area (Å²) in [7, 11) is 0. The van der Waals surface area contributed by atoms with Crippen LogP contribution in [0.15, 0.2) is 42.5 Å². The largest absolute Gasteiger partial charge is 0.351 e. The maximum absolute atomic E-state index is 12.3. The highest BCUT2D eigenvalue weighted by Crippen LogP contribution is 2.30. The lowest BCUT2D eigenvalue weighted by Crippen LogP contribution is -2.48. The van der Waals surface area contributed by atoms with Gasteiger partial charge in [-0.3, -0.25) is 9.69 Å². The quantitative estimate of drug-likeness (QED) is 0.499. The van der Waals surface area contributed by atoms with Crippen molar-refractivity contribution in [2.75, 3.05) is 44.2 Å². The molecule has 3 aromatic rings. The Kier molecular flexibility index (Phi) is 6.67. The fourth-order valence-corrected chi connectivity index (χ4v) is 5.26. The predicted octanol–water partition coefficient (Wildman–Crippen LogP) is 4.02. The zero-order chi connectivity index (χ0) is 20.2. The number of hydrogen-bond donors (Lipinski definition) is 1. The van der Waals surface area contributed by atoms with Gasteiger partial charge >= 0.3 is 0 Å². The first-order valence-electron chi connectivity index (χ1n) is 10.0. The number of carbonyl (C=O) groups is 1. The molecule has 0 spiro atoms. The van der Waals surface area contributed by atoms with Crippen LogP contribution in [0.2, 0.25) is 0 Å². The molecule has 0 unspecified atom stereocenters. The monoisotopic (exact) mass is 520 g/mol. The molecule has 7 heteroatoms. The highest BCUT2D eigenvalue weighted by atomic mass is 127. The number of thiazole rings is 1. The van der Waals surface area contributed by atoms with Crippen molar-refractivity contribution in [2.45, 2.75) is 13.3 Å². The van der Waals surface area contributed by atoms with Crippen molar-refractivity contribution in [2.24, 2.45) is 0 Å². The van der Waals surface area contributed by atoms with E-state index in [9.17, 15) is 4.79 Å². The summed E-state index contributed by atoms with van der Waals surface area (Å²) in [5.41, 5.74) is 3.22. The van der Waals surface area contributed by atoms with Crippen LogP contribution >= 0.6 is 33.9 Å². The van der Waals surface area contributed by atoms with Crippen molar-refractivity contribution in [1.29, 1.82) is 0 Å². The van der Waals surface area contributed by atoms with Crippen LogP contribution in [0.4, 0.5) is 5.13 Å². The SMILES string of the molecule is CCc1ccc2nc(N3CCN(CCNC(=O)c4ccccc4I)CC3)sc2c1. The Balaban J connectivity index is 1.26. The van der Waals surface area contributed by atoms with Crippen molar-refractivity contribution in [3.8, 4) is 0 Å². The highest BCUT2D eigenvalue weighted by Gasteiger charge is 2.20. The molecule has 2 heterocycles. The van der Waals surface area contributed by atoms with E-state index in [-0.39, 0.29) is 5.91 Å². The second kappa shape index (κ2) is 9.40. The average molecular weight is 520 g/mol. The lowest BCUT2D eigenvalue weighted by molar-refractivity contribution is 0.0947. The molecule has 1 N–H and O–H groups in total. The van der Waals surface area contributed by atoms with Crippen molar-refractivity contribution in [3.05, 3.63) is 57.2 Å². The number of piperazine rings is 1. The van der Waals surface area contributed by atoms with E-state index >= 15 is 0 Å². The summed E-state index contributed by atoms with van der Waals surface area (Å²) >= 11 is 4.00. The second-order valence-electron chi connectivity index (χ2n) is 7.22. The first-order valence-corrected chi connectivity index (χ1v) is 11.9. The molecular formula is C22H25IN4OS. The van der Waals surface area contributed by atoms with E-state index < -0.39 is 0 Å². The minimum Gasteiger partial charge on any atom is -0.351 e. The number of anilines is 1. The third-order valence-corrected chi connectivity index (χ3v) is 7.34. The molecule has 0 saturated carbocycles. The molecule has 1 saturated heterocycles. The molecule has 0 bridgehead atoms. The fourth-order valence-electron chi connectivity index (χ4n) is 3.54. The van der Waals surface area contributed by atoms with Gasteiger partial charge in [-0.1, -0.05) is 36.5 Å². The van der Waals surface area contributed by atoms with Gasteiger partial charge in [-0.05, 0) is 58.8 Å². The van der Waals surface area contributed by atoms with Crippen LogP contribution in [0.1, 0.15) is 22.8 Å². The van der Waals surface area contributed by atoms with Gasteiger partial charge in [0.25, 0.3) is 5.91 Å². The van der Waals surface area contributed by atoms with E-state index in [2.05, 4.69) is 62.8 Å². The van der Waals surface area contributed by atoms with Gasteiger partial charge in [0.15, 0.2) is 5.13 Å². The van der Waals surface area contributed by atoms with Crippen LogP contribution in [0.5, 0.6) is 0 Å². The van der Waals surface area contributed by atoms with Crippen molar-refractivity contribution >= 4 is 55.2 Å². The Morgan fingerprint density at radius 3 is 2.72 bits per heavy atom. The van der Waals surface area contributed by atoms with Crippen molar-refractivity contribution in [3.63, 3.8) is 0 Å². The minimum atomic E-state index is 0.00885. The molecule has 152 valence electrons. The van der Waals surface area contributed by atoms with E-state index in [4.69, 9.17) is 4.98 Å². The summed E-state index contributed by atoms with van der Waals surface area (Å²) in [6.07, 6.45) is 1.06. The summed E-state index contributed by atoms with van der Waals surface area (Å²) in [6, 6.07) is 14.3. The first kappa shape index (κ1) is 20.6. The van der Waals surface area contributed by atoms with E-state index in [0.717, 1.165) is 58.9 Å². The number of aromatic nitrogens is 1. The predicted molar refractivity (Wildman–Crippen MR) is 129 cm³/mol. The molecule has 4 rings (SSSR count). The Hall–Kier alpha value is -1.71. The Bertz CT molecular complexity index is 997. The van der Waals surface area contributed by atoms with Gasteiger partial charge in [0.1, 0.15) is 0 Å².